The van der Waals surface area contributed by atoms with Gasteiger partial charge >= 0.3 is 5.97 Å². The number of rotatable bonds is 3. The molecule has 1 fully saturated rings. The first-order valence-electron chi connectivity index (χ1n) is 8.61. The van der Waals surface area contributed by atoms with Crippen molar-refractivity contribution in [2.24, 2.45) is 0 Å². The summed E-state index contributed by atoms with van der Waals surface area (Å²) in [5.41, 5.74) is 0.297. The summed E-state index contributed by atoms with van der Waals surface area (Å²) in [6.07, 6.45) is 2.57. The molecular formula is C21H13NO6S2. The molecule has 2 aliphatic heterocycles. The third kappa shape index (κ3) is 3.38. The van der Waals surface area contributed by atoms with Crippen LogP contribution in [-0.4, -0.2) is 39.1 Å². The van der Waals surface area contributed by atoms with Gasteiger partial charge in [0.1, 0.15) is 11.3 Å². The summed E-state index contributed by atoms with van der Waals surface area (Å²) in [5.74, 6) is -1.63. The van der Waals surface area contributed by atoms with Gasteiger partial charge in [-0.25, -0.2) is 4.79 Å². The van der Waals surface area contributed by atoms with Crippen molar-refractivity contribution < 1.29 is 29.0 Å². The molecule has 4 rings (SSSR count). The predicted molar refractivity (Wildman–Crippen MR) is 114 cm³/mol. The van der Waals surface area contributed by atoms with Crippen LogP contribution in [0.25, 0.3) is 6.08 Å². The maximum absolute atomic E-state index is 12.8. The van der Waals surface area contributed by atoms with Crippen LogP contribution in [0.5, 0.6) is 17.2 Å². The Morgan fingerprint density at radius 3 is 2.67 bits per heavy atom. The number of hydrogen-bond acceptors (Lipinski definition) is 8. The average molecular weight is 439 g/mol. The predicted octanol–water partition coefficient (Wildman–Crippen LogP) is 3.29. The molecule has 0 bridgehead atoms. The summed E-state index contributed by atoms with van der Waals surface area (Å²) < 4.78 is 10.4. The number of ketones is 1. The molecule has 150 valence electrons. The van der Waals surface area contributed by atoms with Gasteiger partial charge in [-0.3, -0.25) is 14.5 Å². The highest BCUT2D eigenvalue weighted by Gasteiger charge is 2.36. The van der Waals surface area contributed by atoms with Gasteiger partial charge in [0.2, 0.25) is 5.78 Å². The lowest BCUT2D eigenvalue weighted by atomic mass is 10.0. The van der Waals surface area contributed by atoms with Gasteiger partial charge in [0, 0.05) is 11.8 Å². The molecule has 9 heteroatoms. The average Bonchev–Trinajstić information content (AvgIpc) is 2.99. The highest BCUT2D eigenvalue weighted by atomic mass is 32.2. The van der Waals surface area contributed by atoms with Gasteiger partial charge in [0.15, 0.2) is 15.8 Å². The van der Waals surface area contributed by atoms with Crippen LogP contribution in [-0.2, 0) is 9.59 Å². The molecule has 0 unspecified atom stereocenters. The minimum Gasteiger partial charge on any atom is -0.504 e. The zero-order valence-corrected chi connectivity index (χ0v) is 17.1. The van der Waals surface area contributed by atoms with Gasteiger partial charge in [-0.05, 0) is 24.3 Å². The summed E-state index contributed by atoms with van der Waals surface area (Å²) in [4.78, 5) is 39.1. The molecule has 1 N–H and O–H groups in total. The highest BCUT2D eigenvalue weighted by molar-refractivity contribution is 8.26. The number of hydrogen-bond donors (Lipinski definition) is 1. The molecule has 1 saturated heterocycles. The van der Waals surface area contributed by atoms with E-state index in [-0.39, 0.29) is 37.6 Å². The number of thioether (sulfide) groups is 1. The van der Waals surface area contributed by atoms with Crippen LogP contribution in [0, 0.1) is 0 Å². The fraction of sp³-hybridized carbons (Fsp3) is 0.0476. The molecule has 0 aromatic heterocycles. The van der Waals surface area contributed by atoms with Crippen LogP contribution in [0.15, 0.2) is 59.1 Å². The van der Waals surface area contributed by atoms with Gasteiger partial charge in [-0.1, -0.05) is 48.2 Å². The lowest BCUT2D eigenvalue weighted by Gasteiger charge is -2.18. The SMILES string of the molecule is COc1cccc(/C=C2/SC(=S)N(/C=C3\C(=O)Oc4ccccc4C3=O)C2=O)c1O. The van der Waals surface area contributed by atoms with E-state index < -0.39 is 17.7 Å². The monoisotopic (exact) mass is 439 g/mol. The Morgan fingerprint density at radius 1 is 1.13 bits per heavy atom. The van der Waals surface area contributed by atoms with E-state index in [2.05, 4.69) is 0 Å². The Labute approximate surface area is 180 Å². The molecule has 2 aromatic rings. The fourth-order valence-corrected chi connectivity index (χ4v) is 4.13. The molecule has 0 aliphatic carbocycles. The summed E-state index contributed by atoms with van der Waals surface area (Å²) in [7, 11) is 1.42. The summed E-state index contributed by atoms with van der Waals surface area (Å²) in [6, 6.07) is 11.2. The molecule has 2 heterocycles. The molecule has 2 aromatic carbocycles. The number of phenols is 1. The van der Waals surface area contributed by atoms with Crippen LogP contribution in [0.3, 0.4) is 0 Å². The molecule has 2 aliphatic rings. The second-order valence-corrected chi connectivity index (χ2v) is 7.88. The normalized spacial score (nSPS) is 18.8. The third-order valence-corrected chi connectivity index (χ3v) is 5.75. The van der Waals surface area contributed by atoms with E-state index in [9.17, 15) is 19.5 Å². The van der Waals surface area contributed by atoms with Crippen molar-refractivity contribution in [3.05, 3.63) is 70.3 Å². The molecule has 0 atom stereocenters. The van der Waals surface area contributed by atoms with Crippen molar-refractivity contribution in [1.29, 1.82) is 0 Å². The Bertz CT molecular complexity index is 1180. The standard InChI is InChI=1S/C21H13NO6S2/c1-27-15-8-4-5-11(17(15)23)9-16-19(25)22(21(29)30-16)10-13-18(24)12-6-2-3-7-14(12)28-20(13)26/h2-10,23H,1H3/b13-10-,16-9+. The number of methoxy groups -OCH3 is 1. The number of benzene rings is 2. The van der Waals surface area contributed by atoms with E-state index in [0.717, 1.165) is 22.9 Å². The lowest BCUT2D eigenvalue weighted by molar-refractivity contribution is -0.130. The van der Waals surface area contributed by atoms with Gasteiger partial charge in [-0.2, -0.15) is 0 Å². The fourth-order valence-electron chi connectivity index (χ4n) is 2.93. The first kappa shape index (κ1) is 19.9. The number of para-hydroxylation sites is 2. The Kier molecular flexibility index (Phi) is 5.15. The van der Waals surface area contributed by atoms with Crippen LogP contribution in [0.1, 0.15) is 15.9 Å². The molecule has 1 amide bonds. The van der Waals surface area contributed by atoms with Crippen molar-refractivity contribution in [3.8, 4) is 17.2 Å². The summed E-state index contributed by atoms with van der Waals surface area (Å²) in [6.45, 7) is 0. The Morgan fingerprint density at radius 2 is 1.90 bits per heavy atom. The molecule has 30 heavy (non-hydrogen) atoms. The van der Waals surface area contributed by atoms with Crippen molar-refractivity contribution >= 4 is 52.0 Å². The summed E-state index contributed by atoms with van der Waals surface area (Å²) in [5, 5.41) is 10.2. The van der Waals surface area contributed by atoms with Gasteiger partial charge in [-0.15, -0.1) is 0 Å². The van der Waals surface area contributed by atoms with E-state index in [1.54, 1.807) is 30.3 Å². The van der Waals surface area contributed by atoms with E-state index in [1.165, 1.54) is 25.3 Å². The number of aromatic hydroxyl groups is 1. The van der Waals surface area contributed by atoms with Crippen LogP contribution in [0.2, 0.25) is 0 Å². The summed E-state index contributed by atoms with van der Waals surface area (Å²) >= 11 is 6.23. The van der Waals surface area contributed by atoms with Crippen molar-refractivity contribution in [1.82, 2.24) is 4.90 Å². The number of thiocarbonyl (C=S) groups is 1. The van der Waals surface area contributed by atoms with Crippen molar-refractivity contribution in [2.75, 3.05) is 7.11 Å². The number of phenolic OH excluding ortho intramolecular Hbond substituents is 1. The Hall–Kier alpha value is -3.43. The zero-order valence-electron chi connectivity index (χ0n) is 15.4. The molecule has 0 saturated carbocycles. The Balaban J connectivity index is 1.67. The maximum Gasteiger partial charge on any atom is 0.349 e. The van der Waals surface area contributed by atoms with Gasteiger partial charge in [0.25, 0.3) is 5.91 Å². The minimum atomic E-state index is -0.859. The number of nitrogens with zero attached hydrogens (tertiary/aromatic N) is 1. The maximum atomic E-state index is 12.8. The quantitative estimate of drug-likeness (QED) is 0.256. The lowest BCUT2D eigenvalue weighted by Crippen LogP contribution is -2.30. The second kappa shape index (κ2) is 7.77. The third-order valence-electron chi connectivity index (χ3n) is 4.42. The second-order valence-electron chi connectivity index (χ2n) is 6.21. The van der Waals surface area contributed by atoms with Crippen LogP contribution >= 0.6 is 24.0 Å². The number of Topliss-reactive ketones (excluding diaryl/α,β-unsaturated/α-hetero) is 1. The van der Waals surface area contributed by atoms with E-state index in [4.69, 9.17) is 21.7 Å². The van der Waals surface area contributed by atoms with Crippen molar-refractivity contribution in [3.63, 3.8) is 0 Å². The number of amides is 1. The van der Waals surface area contributed by atoms with Crippen LogP contribution in [0.4, 0.5) is 0 Å². The smallest absolute Gasteiger partial charge is 0.349 e. The number of carbonyl (C=O) groups is 3. The molecule has 0 spiro atoms. The minimum absolute atomic E-state index is 0.119. The number of esters is 1. The van der Waals surface area contributed by atoms with E-state index >= 15 is 0 Å². The first-order chi connectivity index (χ1) is 14.4. The zero-order chi connectivity index (χ0) is 21.4. The largest absolute Gasteiger partial charge is 0.504 e. The number of fused-ring (bicyclic) bond motifs is 1. The van der Waals surface area contributed by atoms with Gasteiger partial charge in [0.05, 0.1) is 17.6 Å². The first-order valence-corrected chi connectivity index (χ1v) is 9.84. The highest BCUT2D eigenvalue weighted by Crippen LogP contribution is 2.37. The number of carbonyl (C=O) groups excluding carboxylic acids is 3. The van der Waals surface area contributed by atoms with Gasteiger partial charge < -0.3 is 14.6 Å². The van der Waals surface area contributed by atoms with Crippen molar-refractivity contribution in [2.45, 2.75) is 0 Å². The molecular weight excluding hydrogens is 426 g/mol. The number of ether oxygens (including phenoxy) is 2. The van der Waals surface area contributed by atoms with Crippen LogP contribution < -0.4 is 9.47 Å². The van der Waals surface area contributed by atoms with E-state index in [0.29, 0.717) is 5.56 Å². The van der Waals surface area contributed by atoms with E-state index in [1.807, 2.05) is 0 Å². The topological polar surface area (TPSA) is 93.1 Å². The molecule has 7 nitrogen and oxygen atoms in total. The molecule has 0 radical (unpaired) electrons.